The second-order valence-electron chi connectivity index (χ2n) is 5.96. The number of ether oxygens (including phenoxy) is 1. The van der Waals surface area contributed by atoms with Gasteiger partial charge >= 0.3 is 5.97 Å². The second-order valence-corrected chi connectivity index (χ2v) is 5.96. The summed E-state index contributed by atoms with van der Waals surface area (Å²) in [5.41, 5.74) is 0.0908. The quantitative estimate of drug-likeness (QED) is 0.774. The largest absolute Gasteiger partial charge is 0.497 e. The predicted molar refractivity (Wildman–Crippen MR) is 85.1 cm³/mol. The highest BCUT2D eigenvalue weighted by molar-refractivity contribution is 5.83. The van der Waals surface area contributed by atoms with Crippen LogP contribution in [0, 0.1) is 5.41 Å². The minimum Gasteiger partial charge on any atom is -0.497 e. The molecule has 1 amide bonds. The summed E-state index contributed by atoms with van der Waals surface area (Å²) >= 11 is 0. The number of aliphatic carboxylic acids is 1. The van der Waals surface area contributed by atoms with Gasteiger partial charge in [0.05, 0.1) is 18.4 Å². The van der Waals surface area contributed by atoms with Crippen LogP contribution in [-0.2, 0) is 9.59 Å². The summed E-state index contributed by atoms with van der Waals surface area (Å²) in [6.07, 6.45) is 1.08. The van der Waals surface area contributed by atoms with E-state index in [-0.39, 0.29) is 11.8 Å². The third kappa shape index (κ3) is 4.76. The van der Waals surface area contributed by atoms with E-state index in [0.29, 0.717) is 19.4 Å². The van der Waals surface area contributed by atoms with Gasteiger partial charge in [0.2, 0.25) is 5.91 Å². The third-order valence-corrected chi connectivity index (χ3v) is 3.87. The lowest BCUT2D eigenvalue weighted by atomic mass is 9.89. The number of nitrogens with one attached hydrogen (secondary N) is 1. The summed E-state index contributed by atoms with van der Waals surface area (Å²) in [4.78, 5) is 23.3. The highest BCUT2D eigenvalue weighted by Gasteiger charge is 2.27. The first-order valence-corrected chi connectivity index (χ1v) is 7.47. The Labute approximate surface area is 131 Å². The number of carboxylic acids is 1. The Morgan fingerprint density at radius 3 is 2.32 bits per heavy atom. The lowest BCUT2D eigenvalue weighted by Gasteiger charge is -2.20. The van der Waals surface area contributed by atoms with Crippen molar-refractivity contribution in [3.63, 3.8) is 0 Å². The van der Waals surface area contributed by atoms with Gasteiger partial charge in [0.25, 0.3) is 0 Å². The van der Waals surface area contributed by atoms with Crippen LogP contribution in [0.15, 0.2) is 24.3 Å². The molecule has 1 atom stereocenters. The van der Waals surface area contributed by atoms with Gasteiger partial charge in [-0.15, -0.1) is 0 Å². The molecule has 5 nitrogen and oxygen atoms in total. The number of carbonyl (C=O) groups excluding carboxylic acids is 1. The molecule has 0 bridgehead atoms. The number of carboxylic acid groups (broad SMARTS) is 1. The van der Waals surface area contributed by atoms with Gasteiger partial charge in [0.1, 0.15) is 5.75 Å². The molecule has 2 N–H and O–H groups in total. The predicted octanol–water partition coefficient (Wildman–Crippen LogP) is 2.81. The van der Waals surface area contributed by atoms with Crippen molar-refractivity contribution in [1.29, 1.82) is 0 Å². The maximum absolute atomic E-state index is 12.3. The van der Waals surface area contributed by atoms with Crippen molar-refractivity contribution >= 4 is 11.9 Å². The standard InChI is InChI=1S/C17H25NO4/c1-5-14(12-6-8-13(22-4)9-7-12)15(19)18-11-10-17(2,3)16(20)21/h6-9,14H,5,10-11H2,1-4H3,(H,18,19)(H,20,21). The van der Waals surface area contributed by atoms with Crippen molar-refractivity contribution in [2.45, 2.75) is 39.5 Å². The van der Waals surface area contributed by atoms with E-state index in [1.165, 1.54) is 0 Å². The van der Waals surface area contributed by atoms with E-state index in [1.54, 1.807) is 21.0 Å². The van der Waals surface area contributed by atoms with E-state index in [9.17, 15) is 9.59 Å². The van der Waals surface area contributed by atoms with Crippen LogP contribution in [0.3, 0.4) is 0 Å². The molecule has 0 aromatic heterocycles. The Morgan fingerprint density at radius 1 is 1.27 bits per heavy atom. The fourth-order valence-electron chi connectivity index (χ4n) is 2.14. The zero-order chi connectivity index (χ0) is 16.8. The van der Waals surface area contributed by atoms with Gasteiger partial charge in [-0.1, -0.05) is 19.1 Å². The molecule has 0 aliphatic rings. The molecule has 0 saturated carbocycles. The molecular formula is C17H25NO4. The van der Waals surface area contributed by atoms with Crippen LogP contribution < -0.4 is 10.1 Å². The minimum atomic E-state index is -0.857. The van der Waals surface area contributed by atoms with E-state index in [2.05, 4.69) is 5.32 Å². The molecule has 0 aliphatic heterocycles. The molecule has 0 aliphatic carbocycles. The highest BCUT2D eigenvalue weighted by atomic mass is 16.5. The number of carbonyl (C=O) groups is 2. The molecule has 0 radical (unpaired) electrons. The molecule has 22 heavy (non-hydrogen) atoms. The molecule has 0 fully saturated rings. The lowest BCUT2D eigenvalue weighted by Crippen LogP contribution is -2.34. The molecule has 122 valence electrons. The average molecular weight is 307 g/mol. The minimum absolute atomic E-state index is 0.0751. The molecule has 1 aromatic carbocycles. The summed E-state index contributed by atoms with van der Waals surface area (Å²) in [5.74, 6) is -0.418. The molecule has 0 heterocycles. The number of methoxy groups -OCH3 is 1. The van der Waals surface area contributed by atoms with E-state index >= 15 is 0 Å². The molecule has 1 unspecified atom stereocenters. The maximum atomic E-state index is 12.3. The van der Waals surface area contributed by atoms with Gasteiger partial charge in [-0.05, 0) is 44.4 Å². The SMILES string of the molecule is CCC(C(=O)NCCC(C)(C)C(=O)O)c1ccc(OC)cc1. The number of hydrogen-bond donors (Lipinski definition) is 2. The van der Waals surface area contributed by atoms with Crippen LogP contribution in [0.5, 0.6) is 5.75 Å². The Balaban J connectivity index is 2.63. The van der Waals surface area contributed by atoms with Crippen molar-refractivity contribution in [1.82, 2.24) is 5.32 Å². The number of rotatable bonds is 8. The smallest absolute Gasteiger partial charge is 0.309 e. The van der Waals surface area contributed by atoms with E-state index in [1.807, 2.05) is 31.2 Å². The molecule has 0 spiro atoms. The van der Waals surface area contributed by atoms with E-state index in [4.69, 9.17) is 9.84 Å². The van der Waals surface area contributed by atoms with Gasteiger partial charge in [-0.25, -0.2) is 0 Å². The van der Waals surface area contributed by atoms with E-state index in [0.717, 1.165) is 11.3 Å². The van der Waals surface area contributed by atoms with Crippen molar-refractivity contribution in [3.8, 4) is 5.75 Å². The number of amides is 1. The topological polar surface area (TPSA) is 75.6 Å². The zero-order valence-electron chi connectivity index (χ0n) is 13.7. The second kappa shape index (κ2) is 7.82. The van der Waals surface area contributed by atoms with Gasteiger partial charge in [-0.3, -0.25) is 9.59 Å². The summed E-state index contributed by atoms with van der Waals surface area (Å²) < 4.78 is 5.11. The maximum Gasteiger partial charge on any atom is 0.309 e. The number of benzene rings is 1. The van der Waals surface area contributed by atoms with Crippen LogP contribution >= 0.6 is 0 Å². The van der Waals surface area contributed by atoms with Crippen LogP contribution in [-0.4, -0.2) is 30.6 Å². The van der Waals surface area contributed by atoms with E-state index < -0.39 is 11.4 Å². The zero-order valence-corrected chi connectivity index (χ0v) is 13.7. The lowest BCUT2D eigenvalue weighted by molar-refractivity contribution is -0.147. The normalized spacial score (nSPS) is 12.5. The Bertz CT molecular complexity index is 508. The first-order valence-electron chi connectivity index (χ1n) is 7.47. The van der Waals surface area contributed by atoms with Crippen LogP contribution in [0.2, 0.25) is 0 Å². The summed E-state index contributed by atoms with van der Waals surface area (Å²) in [5, 5.41) is 11.9. The van der Waals surface area contributed by atoms with Gasteiger partial charge in [0.15, 0.2) is 0 Å². The Kier molecular flexibility index (Phi) is 6.40. The summed E-state index contributed by atoms with van der Waals surface area (Å²) in [6, 6.07) is 7.43. The monoisotopic (exact) mass is 307 g/mol. The average Bonchev–Trinajstić information content (AvgIpc) is 2.48. The third-order valence-electron chi connectivity index (χ3n) is 3.87. The number of hydrogen-bond acceptors (Lipinski definition) is 3. The molecule has 5 heteroatoms. The van der Waals surface area contributed by atoms with Gasteiger partial charge in [0, 0.05) is 6.54 Å². The van der Waals surface area contributed by atoms with Crippen molar-refractivity contribution in [2.75, 3.05) is 13.7 Å². The van der Waals surface area contributed by atoms with Gasteiger partial charge < -0.3 is 15.2 Å². The Hall–Kier alpha value is -2.04. The van der Waals surface area contributed by atoms with Crippen molar-refractivity contribution in [2.24, 2.45) is 5.41 Å². The first kappa shape index (κ1) is 18.0. The molecule has 1 aromatic rings. The molecular weight excluding hydrogens is 282 g/mol. The molecule has 1 rings (SSSR count). The van der Waals surface area contributed by atoms with Crippen molar-refractivity contribution < 1.29 is 19.4 Å². The summed E-state index contributed by atoms with van der Waals surface area (Å²) in [7, 11) is 1.60. The first-order chi connectivity index (χ1) is 10.3. The fourth-order valence-corrected chi connectivity index (χ4v) is 2.14. The highest BCUT2D eigenvalue weighted by Crippen LogP contribution is 2.23. The Morgan fingerprint density at radius 2 is 1.86 bits per heavy atom. The fraction of sp³-hybridized carbons (Fsp3) is 0.529. The van der Waals surface area contributed by atoms with Crippen LogP contribution in [0.4, 0.5) is 0 Å². The summed E-state index contributed by atoms with van der Waals surface area (Å²) in [6.45, 7) is 5.62. The van der Waals surface area contributed by atoms with Crippen LogP contribution in [0.25, 0.3) is 0 Å². The van der Waals surface area contributed by atoms with Gasteiger partial charge in [-0.2, -0.15) is 0 Å². The van der Waals surface area contributed by atoms with Crippen LogP contribution in [0.1, 0.15) is 45.1 Å². The molecule has 0 saturated heterocycles. The van der Waals surface area contributed by atoms with Crippen molar-refractivity contribution in [3.05, 3.63) is 29.8 Å².